The second-order valence-corrected chi connectivity index (χ2v) is 4.62. The Labute approximate surface area is 93.9 Å². The van der Waals surface area contributed by atoms with Crippen LogP contribution < -0.4 is 0 Å². The van der Waals surface area contributed by atoms with E-state index in [-0.39, 0.29) is 6.10 Å². The Kier molecular flexibility index (Phi) is 3.03. The molecule has 1 N–H and O–H groups in total. The molecule has 0 amide bonds. The summed E-state index contributed by atoms with van der Waals surface area (Å²) in [6.07, 6.45) is 3.80. The lowest BCUT2D eigenvalue weighted by molar-refractivity contribution is 0.175. The Bertz CT molecular complexity index is 462. The Morgan fingerprint density at radius 3 is 2.87 bits per heavy atom. The van der Waals surface area contributed by atoms with Gasteiger partial charge in [0.05, 0.1) is 6.10 Å². The molecule has 0 radical (unpaired) electrons. The van der Waals surface area contributed by atoms with Crippen LogP contribution in [-0.2, 0) is 6.54 Å². The Morgan fingerprint density at radius 2 is 2.20 bits per heavy atom. The minimum atomic E-state index is -0.305. The van der Waals surface area contributed by atoms with Crippen molar-refractivity contribution in [2.24, 2.45) is 0 Å². The molecule has 3 heteroatoms. The predicted molar refractivity (Wildman–Crippen MR) is 65.4 cm³/mol. The van der Waals surface area contributed by atoms with Crippen LogP contribution in [0.25, 0.3) is 10.9 Å². The van der Waals surface area contributed by atoms with Gasteiger partial charge < -0.3 is 9.67 Å². The molecule has 1 aromatic heterocycles. The van der Waals surface area contributed by atoms with Crippen LogP contribution in [0.4, 0.5) is 0 Å². The highest BCUT2D eigenvalue weighted by molar-refractivity contribution is 7.98. The summed E-state index contributed by atoms with van der Waals surface area (Å²) >= 11 is 1.75. The van der Waals surface area contributed by atoms with Gasteiger partial charge in [0.15, 0.2) is 0 Å². The van der Waals surface area contributed by atoms with Crippen molar-refractivity contribution < 1.29 is 5.11 Å². The van der Waals surface area contributed by atoms with E-state index in [1.54, 1.807) is 11.8 Å². The fraction of sp³-hybridized carbons (Fsp3) is 0.333. The van der Waals surface area contributed by atoms with Crippen LogP contribution in [0.1, 0.15) is 6.92 Å². The Hall–Kier alpha value is -0.930. The molecule has 80 valence electrons. The van der Waals surface area contributed by atoms with Crippen LogP contribution in [0.3, 0.4) is 0 Å². The van der Waals surface area contributed by atoms with Crippen LogP contribution >= 0.6 is 11.8 Å². The number of thioether (sulfide) groups is 1. The van der Waals surface area contributed by atoms with Crippen molar-refractivity contribution in [2.45, 2.75) is 24.5 Å². The molecule has 0 aliphatic heterocycles. The zero-order chi connectivity index (χ0) is 10.8. The molecular formula is C12H15NOS. The van der Waals surface area contributed by atoms with E-state index in [0.29, 0.717) is 6.54 Å². The highest BCUT2D eigenvalue weighted by atomic mass is 32.2. The summed E-state index contributed by atoms with van der Waals surface area (Å²) in [5, 5.41) is 10.6. The first-order valence-corrected chi connectivity index (χ1v) is 6.24. The first-order valence-electron chi connectivity index (χ1n) is 5.01. The lowest BCUT2D eigenvalue weighted by atomic mass is 10.2. The second kappa shape index (κ2) is 4.29. The third kappa shape index (κ3) is 2.19. The van der Waals surface area contributed by atoms with E-state index in [9.17, 15) is 5.11 Å². The summed E-state index contributed by atoms with van der Waals surface area (Å²) in [5.74, 6) is 0. The van der Waals surface area contributed by atoms with Crippen LogP contribution in [-0.4, -0.2) is 22.0 Å². The van der Waals surface area contributed by atoms with E-state index < -0.39 is 0 Å². The van der Waals surface area contributed by atoms with Crippen LogP contribution in [0.15, 0.2) is 35.4 Å². The topological polar surface area (TPSA) is 25.2 Å². The van der Waals surface area contributed by atoms with E-state index >= 15 is 0 Å². The van der Waals surface area contributed by atoms with Gasteiger partial charge in [-0.3, -0.25) is 0 Å². The molecule has 1 aromatic carbocycles. The summed E-state index contributed by atoms with van der Waals surface area (Å²) in [5.41, 5.74) is 1.19. The molecule has 0 saturated heterocycles. The van der Waals surface area contributed by atoms with Crippen molar-refractivity contribution in [3.05, 3.63) is 30.5 Å². The molecule has 1 unspecified atom stereocenters. The van der Waals surface area contributed by atoms with Gasteiger partial charge in [-0.2, -0.15) is 0 Å². The molecule has 2 aromatic rings. The quantitative estimate of drug-likeness (QED) is 0.806. The Morgan fingerprint density at radius 1 is 1.40 bits per heavy atom. The first-order chi connectivity index (χ1) is 7.20. The molecule has 1 heterocycles. The lowest BCUT2D eigenvalue weighted by Crippen LogP contribution is -2.10. The van der Waals surface area contributed by atoms with Gasteiger partial charge in [0.1, 0.15) is 0 Å². The smallest absolute Gasteiger partial charge is 0.0691 e. The van der Waals surface area contributed by atoms with Gasteiger partial charge in [-0.05, 0) is 37.4 Å². The molecule has 0 saturated carbocycles. The Balaban J connectivity index is 2.43. The van der Waals surface area contributed by atoms with E-state index in [4.69, 9.17) is 0 Å². The van der Waals surface area contributed by atoms with E-state index in [1.165, 1.54) is 15.8 Å². The molecule has 1 atom stereocenters. The van der Waals surface area contributed by atoms with Gasteiger partial charge in [0, 0.05) is 28.5 Å². The molecule has 0 bridgehead atoms. The number of hydrogen-bond donors (Lipinski definition) is 1. The van der Waals surface area contributed by atoms with Crippen LogP contribution in [0.2, 0.25) is 0 Å². The highest BCUT2D eigenvalue weighted by Crippen LogP contribution is 2.22. The van der Waals surface area contributed by atoms with Crippen molar-refractivity contribution >= 4 is 22.7 Å². The zero-order valence-electron chi connectivity index (χ0n) is 8.97. The standard InChI is InChI=1S/C12H15NOS/c1-9(14)8-13-6-5-10-7-11(15-2)3-4-12(10)13/h3-7,9,14H,8H2,1-2H3. The van der Waals surface area contributed by atoms with Crippen molar-refractivity contribution in [2.75, 3.05) is 6.26 Å². The van der Waals surface area contributed by atoms with E-state index in [0.717, 1.165) is 0 Å². The molecule has 0 aliphatic rings. The lowest BCUT2D eigenvalue weighted by Gasteiger charge is -2.07. The average molecular weight is 221 g/mol. The van der Waals surface area contributed by atoms with Crippen molar-refractivity contribution in [1.82, 2.24) is 4.57 Å². The van der Waals surface area contributed by atoms with Gasteiger partial charge in [-0.1, -0.05) is 0 Å². The minimum absolute atomic E-state index is 0.305. The fourth-order valence-corrected chi connectivity index (χ4v) is 2.20. The molecular weight excluding hydrogens is 206 g/mol. The van der Waals surface area contributed by atoms with E-state index in [1.807, 2.05) is 13.1 Å². The van der Waals surface area contributed by atoms with Gasteiger partial charge in [-0.15, -0.1) is 11.8 Å². The fourth-order valence-electron chi connectivity index (χ4n) is 1.75. The number of rotatable bonds is 3. The number of fused-ring (bicyclic) bond motifs is 1. The summed E-state index contributed by atoms with van der Waals surface area (Å²) in [7, 11) is 0. The molecule has 0 fully saturated rings. The normalized spacial score (nSPS) is 13.3. The van der Waals surface area contributed by atoms with Crippen molar-refractivity contribution in [1.29, 1.82) is 0 Å². The zero-order valence-corrected chi connectivity index (χ0v) is 9.79. The molecule has 2 rings (SSSR count). The average Bonchev–Trinajstić information content (AvgIpc) is 2.60. The highest BCUT2D eigenvalue weighted by Gasteiger charge is 2.03. The SMILES string of the molecule is CSc1ccc2c(ccn2CC(C)O)c1. The van der Waals surface area contributed by atoms with Gasteiger partial charge in [0.25, 0.3) is 0 Å². The largest absolute Gasteiger partial charge is 0.392 e. The summed E-state index contributed by atoms with van der Waals surface area (Å²) in [6.45, 7) is 2.46. The summed E-state index contributed by atoms with van der Waals surface area (Å²) in [4.78, 5) is 1.28. The number of benzene rings is 1. The predicted octanol–water partition coefficient (Wildman–Crippen LogP) is 2.74. The number of nitrogens with zero attached hydrogens (tertiary/aromatic N) is 1. The summed E-state index contributed by atoms with van der Waals surface area (Å²) in [6, 6.07) is 8.51. The number of aliphatic hydroxyl groups is 1. The maximum absolute atomic E-state index is 9.36. The van der Waals surface area contributed by atoms with E-state index in [2.05, 4.69) is 35.1 Å². The van der Waals surface area contributed by atoms with Crippen molar-refractivity contribution in [3.8, 4) is 0 Å². The second-order valence-electron chi connectivity index (χ2n) is 3.74. The van der Waals surface area contributed by atoms with Gasteiger partial charge in [-0.25, -0.2) is 0 Å². The molecule has 0 spiro atoms. The third-order valence-corrected chi connectivity index (χ3v) is 3.16. The maximum Gasteiger partial charge on any atom is 0.0691 e. The van der Waals surface area contributed by atoms with Crippen LogP contribution in [0.5, 0.6) is 0 Å². The van der Waals surface area contributed by atoms with Crippen molar-refractivity contribution in [3.63, 3.8) is 0 Å². The van der Waals surface area contributed by atoms with Gasteiger partial charge in [0.2, 0.25) is 0 Å². The third-order valence-electron chi connectivity index (χ3n) is 2.44. The monoisotopic (exact) mass is 221 g/mol. The maximum atomic E-state index is 9.36. The number of aliphatic hydroxyl groups excluding tert-OH is 1. The van der Waals surface area contributed by atoms with Crippen LogP contribution in [0, 0.1) is 0 Å². The molecule has 0 aliphatic carbocycles. The first kappa shape index (κ1) is 10.6. The number of aromatic nitrogens is 1. The molecule has 15 heavy (non-hydrogen) atoms. The molecule has 2 nitrogen and oxygen atoms in total. The minimum Gasteiger partial charge on any atom is -0.392 e. The van der Waals surface area contributed by atoms with Gasteiger partial charge >= 0.3 is 0 Å². The summed E-state index contributed by atoms with van der Waals surface area (Å²) < 4.78 is 2.09. The number of hydrogen-bond acceptors (Lipinski definition) is 2.